The van der Waals surface area contributed by atoms with Crippen molar-refractivity contribution in [3.8, 4) is 6.07 Å². The molecule has 114 valence electrons. The van der Waals surface area contributed by atoms with E-state index in [-0.39, 0.29) is 28.1 Å². The van der Waals surface area contributed by atoms with Gasteiger partial charge in [0.2, 0.25) is 10.0 Å². The molecule has 1 fully saturated rings. The first kappa shape index (κ1) is 16.2. The number of hydrogen-bond acceptors (Lipinski definition) is 5. The van der Waals surface area contributed by atoms with Crippen molar-refractivity contribution in [3.05, 3.63) is 28.8 Å². The van der Waals surface area contributed by atoms with Crippen LogP contribution in [-0.4, -0.2) is 52.1 Å². The normalized spacial score (nSPS) is 19.4. The summed E-state index contributed by atoms with van der Waals surface area (Å²) >= 11 is 5.97. The Morgan fingerprint density at radius 3 is 2.95 bits per heavy atom. The molecule has 2 rings (SSSR count). The molecule has 0 aliphatic carbocycles. The van der Waals surface area contributed by atoms with Gasteiger partial charge >= 0.3 is 0 Å². The standard InChI is InChI=1S/C13H16ClN3O3S/c1-17(9-11-8-16-4-5-20-11)21(18,19)13-6-10(7-15)2-3-12(13)14/h2-3,6,11,16H,4-5,8-9H2,1H3. The lowest BCUT2D eigenvalue weighted by Gasteiger charge is -2.27. The third kappa shape index (κ3) is 3.73. The van der Waals surface area contributed by atoms with Crippen LogP contribution in [-0.2, 0) is 14.8 Å². The van der Waals surface area contributed by atoms with Crippen LogP contribution in [0, 0.1) is 11.3 Å². The molecule has 6 nitrogen and oxygen atoms in total. The van der Waals surface area contributed by atoms with E-state index in [0.29, 0.717) is 13.2 Å². The number of ether oxygens (including phenoxy) is 1. The monoisotopic (exact) mass is 329 g/mol. The Balaban J connectivity index is 2.22. The van der Waals surface area contributed by atoms with E-state index in [9.17, 15) is 8.42 Å². The molecule has 0 saturated carbocycles. The predicted molar refractivity (Wildman–Crippen MR) is 78.6 cm³/mol. The molecule has 1 aromatic carbocycles. The maximum absolute atomic E-state index is 12.6. The average molecular weight is 330 g/mol. The maximum Gasteiger partial charge on any atom is 0.244 e. The Labute approximate surface area is 129 Å². The third-order valence-electron chi connectivity index (χ3n) is 3.21. The summed E-state index contributed by atoms with van der Waals surface area (Å²) in [6, 6.07) is 6.09. The summed E-state index contributed by atoms with van der Waals surface area (Å²) in [6.07, 6.45) is -0.198. The van der Waals surface area contributed by atoms with Gasteiger partial charge in [0.25, 0.3) is 0 Å². The molecule has 8 heteroatoms. The van der Waals surface area contributed by atoms with Gasteiger partial charge in [-0.3, -0.25) is 0 Å². The topological polar surface area (TPSA) is 82.4 Å². The molecule has 21 heavy (non-hydrogen) atoms. The number of nitrogens with one attached hydrogen (secondary N) is 1. The number of sulfonamides is 1. The van der Waals surface area contributed by atoms with E-state index >= 15 is 0 Å². The van der Waals surface area contributed by atoms with E-state index in [4.69, 9.17) is 21.6 Å². The lowest BCUT2D eigenvalue weighted by atomic mass is 10.2. The molecule has 1 unspecified atom stereocenters. The van der Waals surface area contributed by atoms with Crippen molar-refractivity contribution in [2.45, 2.75) is 11.0 Å². The SMILES string of the molecule is CN(CC1CNCCO1)S(=O)(=O)c1cc(C#N)ccc1Cl. The summed E-state index contributed by atoms with van der Waals surface area (Å²) in [5.41, 5.74) is 0.252. The lowest BCUT2D eigenvalue weighted by Crippen LogP contribution is -2.45. The molecule has 0 spiro atoms. The number of nitrogens with zero attached hydrogens (tertiary/aromatic N) is 2. The van der Waals surface area contributed by atoms with Crippen molar-refractivity contribution >= 4 is 21.6 Å². The first-order chi connectivity index (χ1) is 9.95. The molecule has 1 saturated heterocycles. The Kier molecular flexibility index (Phi) is 5.19. The summed E-state index contributed by atoms with van der Waals surface area (Å²) in [5, 5.41) is 12.1. The van der Waals surface area contributed by atoms with Gasteiger partial charge < -0.3 is 10.1 Å². The molecule has 1 atom stereocenters. The van der Waals surface area contributed by atoms with Gasteiger partial charge in [-0.2, -0.15) is 9.57 Å². The van der Waals surface area contributed by atoms with Gasteiger partial charge in [0, 0.05) is 26.7 Å². The fourth-order valence-electron chi connectivity index (χ4n) is 2.06. The molecule has 1 aromatic rings. The summed E-state index contributed by atoms with van der Waals surface area (Å²) in [4.78, 5) is -0.0607. The molecule has 1 aliphatic rings. The van der Waals surface area contributed by atoms with Crippen molar-refractivity contribution in [2.24, 2.45) is 0 Å². The smallest absolute Gasteiger partial charge is 0.244 e. The van der Waals surface area contributed by atoms with Crippen LogP contribution in [0.1, 0.15) is 5.56 Å². The van der Waals surface area contributed by atoms with Gasteiger partial charge in [0.1, 0.15) is 4.90 Å². The fraction of sp³-hybridized carbons (Fsp3) is 0.462. The minimum absolute atomic E-state index is 0.0607. The molecule has 0 bridgehead atoms. The number of nitriles is 1. The van der Waals surface area contributed by atoms with Crippen LogP contribution in [0.3, 0.4) is 0 Å². The highest BCUT2D eigenvalue weighted by atomic mass is 35.5. The van der Waals surface area contributed by atoms with Gasteiger partial charge in [0.15, 0.2) is 0 Å². The number of hydrogen-bond donors (Lipinski definition) is 1. The second kappa shape index (κ2) is 6.73. The molecule has 1 heterocycles. The minimum atomic E-state index is -3.76. The third-order valence-corrected chi connectivity index (χ3v) is 5.52. The van der Waals surface area contributed by atoms with E-state index in [1.807, 2.05) is 6.07 Å². The van der Waals surface area contributed by atoms with Crippen molar-refractivity contribution in [2.75, 3.05) is 33.3 Å². The zero-order valence-electron chi connectivity index (χ0n) is 11.5. The van der Waals surface area contributed by atoms with Gasteiger partial charge in [0.05, 0.1) is 29.4 Å². The van der Waals surface area contributed by atoms with Crippen molar-refractivity contribution in [3.63, 3.8) is 0 Å². The summed E-state index contributed by atoms with van der Waals surface area (Å²) < 4.78 is 31.8. The minimum Gasteiger partial charge on any atom is -0.374 e. The van der Waals surface area contributed by atoms with Crippen molar-refractivity contribution in [1.82, 2.24) is 9.62 Å². The van der Waals surface area contributed by atoms with Gasteiger partial charge in [-0.1, -0.05) is 11.6 Å². The van der Waals surface area contributed by atoms with E-state index in [2.05, 4.69) is 5.32 Å². The molecule has 1 aliphatic heterocycles. The zero-order valence-corrected chi connectivity index (χ0v) is 13.1. The van der Waals surface area contributed by atoms with Crippen LogP contribution < -0.4 is 5.32 Å². The predicted octanol–water partition coefficient (Wildman–Crippen LogP) is 0.821. The van der Waals surface area contributed by atoms with Crippen LogP contribution in [0.15, 0.2) is 23.1 Å². The average Bonchev–Trinajstić information content (AvgIpc) is 2.48. The Morgan fingerprint density at radius 1 is 1.57 bits per heavy atom. The summed E-state index contributed by atoms with van der Waals surface area (Å²) in [6.45, 7) is 2.15. The zero-order chi connectivity index (χ0) is 15.5. The Morgan fingerprint density at radius 2 is 2.33 bits per heavy atom. The van der Waals surface area contributed by atoms with Crippen LogP contribution >= 0.6 is 11.6 Å². The maximum atomic E-state index is 12.6. The van der Waals surface area contributed by atoms with Crippen LogP contribution in [0.25, 0.3) is 0 Å². The number of likely N-dealkylation sites (N-methyl/N-ethyl adjacent to an activating group) is 1. The van der Waals surface area contributed by atoms with E-state index in [1.54, 1.807) is 0 Å². The largest absolute Gasteiger partial charge is 0.374 e. The molecule has 0 aromatic heterocycles. The number of rotatable bonds is 4. The van der Waals surface area contributed by atoms with Gasteiger partial charge in [-0.25, -0.2) is 8.42 Å². The first-order valence-electron chi connectivity index (χ1n) is 6.43. The van der Waals surface area contributed by atoms with Crippen LogP contribution in [0.2, 0.25) is 5.02 Å². The summed E-state index contributed by atoms with van der Waals surface area (Å²) in [5.74, 6) is 0. The Hall–Kier alpha value is -1.17. The van der Waals surface area contributed by atoms with Gasteiger partial charge in [-0.15, -0.1) is 0 Å². The highest BCUT2D eigenvalue weighted by Crippen LogP contribution is 2.25. The molecule has 0 radical (unpaired) electrons. The molecular weight excluding hydrogens is 314 g/mol. The quantitative estimate of drug-likeness (QED) is 0.884. The van der Waals surface area contributed by atoms with Crippen molar-refractivity contribution in [1.29, 1.82) is 5.26 Å². The van der Waals surface area contributed by atoms with Crippen LogP contribution in [0.4, 0.5) is 0 Å². The highest BCUT2D eigenvalue weighted by molar-refractivity contribution is 7.89. The molecular formula is C13H16ClN3O3S. The molecule has 1 N–H and O–H groups in total. The van der Waals surface area contributed by atoms with Gasteiger partial charge in [-0.05, 0) is 18.2 Å². The van der Waals surface area contributed by atoms with Crippen LogP contribution in [0.5, 0.6) is 0 Å². The Bertz CT molecular complexity index is 651. The lowest BCUT2D eigenvalue weighted by molar-refractivity contribution is 0.0206. The molecule has 0 amide bonds. The summed E-state index contributed by atoms with van der Waals surface area (Å²) in [7, 11) is -2.28. The number of benzene rings is 1. The second-order valence-corrected chi connectivity index (χ2v) is 7.16. The van der Waals surface area contributed by atoms with E-state index < -0.39 is 10.0 Å². The highest BCUT2D eigenvalue weighted by Gasteiger charge is 2.27. The van der Waals surface area contributed by atoms with E-state index in [1.165, 1.54) is 29.6 Å². The van der Waals surface area contributed by atoms with E-state index in [0.717, 1.165) is 6.54 Å². The fourth-order valence-corrected chi connectivity index (χ4v) is 3.76. The second-order valence-electron chi connectivity index (χ2n) is 4.74. The number of halogens is 1. The number of morpholine rings is 1. The van der Waals surface area contributed by atoms with Crippen molar-refractivity contribution < 1.29 is 13.2 Å². The first-order valence-corrected chi connectivity index (χ1v) is 8.25.